The van der Waals surface area contributed by atoms with Crippen LogP contribution in [0.25, 0.3) is 0 Å². The zero-order valence-corrected chi connectivity index (χ0v) is 29.3. The second-order valence-electron chi connectivity index (χ2n) is 14.0. The van der Waals surface area contributed by atoms with E-state index in [1.54, 1.807) is 76.8 Å². The molecular formula is C34H48BrN3O7. The molecule has 0 saturated carbocycles. The molecule has 1 fully saturated rings. The largest absolute Gasteiger partial charge is 0.422 e. The van der Waals surface area contributed by atoms with Crippen molar-refractivity contribution in [2.75, 3.05) is 19.6 Å². The van der Waals surface area contributed by atoms with Crippen molar-refractivity contribution in [1.29, 1.82) is 0 Å². The Morgan fingerprint density at radius 3 is 2.04 bits per heavy atom. The number of halogens is 1. The van der Waals surface area contributed by atoms with Crippen molar-refractivity contribution in [3.05, 3.63) is 59.7 Å². The van der Waals surface area contributed by atoms with Gasteiger partial charge in [-0.05, 0) is 98.1 Å². The summed E-state index contributed by atoms with van der Waals surface area (Å²) in [4.78, 5) is 52.9. The van der Waals surface area contributed by atoms with Crippen LogP contribution in [0.1, 0.15) is 90.3 Å². The zero-order valence-electron chi connectivity index (χ0n) is 27.6. The topological polar surface area (TPSA) is 134 Å². The van der Waals surface area contributed by atoms with Gasteiger partial charge in [-0.15, -0.1) is 17.0 Å². The average molecular weight is 691 g/mol. The molecule has 1 heterocycles. The summed E-state index contributed by atoms with van der Waals surface area (Å²) in [6.45, 7) is 15.0. The minimum atomic E-state index is -1.00. The van der Waals surface area contributed by atoms with E-state index >= 15 is 0 Å². The number of nitrogens with one attached hydrogen (secondary N) is 2. The molecule has 11 heteroatoms. The molecule has 0 aromatic heterocycles. The van der Waals surface area contributed by atoms with Gasteiger partial charge in [-0.2, -0.15) is 0 Å². The molecule has 2 unspecified atom stereocenters. The van der Waals surface area contributed by atoms with Gasteiger partial charge >= 0.3 is 11.9 Å². The summed E-state index contributed by atoms with van der Waals surface area (Å²) in [6, 6.07) is 13.0. The third kappa shape index (κ3) is 10.6. The minimum Gasteiger partial charge on any atom is -0.422 e. The van der Waals surface area contributed by atoms with Gasteiger partial charge in [0.2, 0.25) is 5.91 Å². The Morgan fingerprint density at radius 2 is 1.47 bits per heavy atom. The third-order valence-electron chi connectivity index (χ3n) is 7.30. The molecule has 1 saturated heterocycles. The maximum Gasteiger partial charge on any atom is 0.316 e. The standard InChI is InChI=1S/C34H47N3O7.BrH/c1-32(2,3)30(41)43-26-17-16-23(19-27(26)44-31(42)33(4,5)6)25(38)20-36-34(7,8)21-35-28(39)24-15-12-18-37(24)29(40)22-13-10-9-11-14-22;/h9-11,13-14,16-17,19,24-25,36,38H,12,15,18,20-21H2,1-8H3,(H,35,39);1H. The van der Waals surface area contributed by atoms with Gasteiger partial charge in [-0.1, -0.05) is 24.3 Å². The van der Waals surface area contributed by atoms with Crippen molar-refractivity contribution in [2.45, 2.75) is 85.9 Å². The van der Waals surface area contributed by atoms with Crippen molar-refractivity contribution in [3.8, 4) is 11.5 Å². The Morgan fingerprint density at radius 1 is 0.889 bits per heavy atom. The van der Waals surface area contributed by atoms with E-state index in [4.69, 9.17) is 9.47 Å². The van der Waals surface area contributed by atoms with E-state index in [-0.39, 0.29) is 53.4 Å². The highest BCUT2D eigenvalue weighted by Crippen LogP contribution is 2.34. The van der Waals surface area contributed by atoms with Crippen LogP contribution in [-0.2, 0) is 14.4 Å². The Labute approximate surface area is 277 Å². The number of aliphatic hydroxyl groups is 1. The maximum atomic E-state index is 13.1. The van der Waals surface area contributed by atoms with E-state index in [9.17, 15) is 24.3 Å². The van der Waals surface area contributed by atoms with Crippen LogP contribution in [0.5, 0.6) is 11.5 Å². The highest BCUT2D eigenvalue weighted by atomic mass is 79.9. The van der Waals surface area contributed by atoms with Crippen molar-refractivity contribution < 1.29 is 33.8 Å². The number of nitrogens with zero attached hydrogens (tertiary/aromatic N) is 1. The predicted octanol–water partition coefficient (Wildman–Crippen LogP) is 4.99. The number of ether oxygens (including phenoxy) is 2. The van der Waals surface area contributed by atoms with Crippen LogP contribution >= 0.6 is 17.0 Å². The summed E-state index contributed by atoms with van der Waals surface area (Å²) in [5.74, 6) is -1.26. The number of carbonyl (C=O) groups excluding carboxylic acids is 4. The van der Waals surface area contributed by atoms with E-state index in [1.807, 2.05) is 19.9 Å². The first-order valence-corrected chi connectivity index (χ1v) is 15.0. The molecule has 0 spiro atoms. The van der Waals surface area contributed by atoms with Gasteiger partial charge in [0, 0.05) is 30.7 Å². The Balaban J connectivity index is 0.00000705. The van der Waals surface area contributed by atoms with Crippen molar-refractivity contribution in [1.82, 2.24) is 15.5 Å². The Hall–Kier alpha value is -3.28. The fraction of sp³-hybridized carbons (Fsp3) is 0.529. The summed E-state index contributed by atoms with van der Waals surface area (Å²) in [5, 5.41) is 17.3. The second-order valence-corrected chi connectivity index (χ2v) is 14.0. The molecule has 0 bridgehead atoms. The summed E-state index contributed by atoms with van der Waals surface area (Å²) < 4.78 is 11.1. The third-order valence-corrected chi connectivity index (χ3v) is 7.30. The molecule has 0 aliphatic carbocycles. The first-order valence-electron chi connectivity index (χ1n) is 15.0. The molecule has 2 atom stereocenters. The number of esters is 2. The molecule has 248 valence electrons. The van der Waals surface area contributed by atoms with Gasteiger partial charge in [-0.25, -0.2) is 0 Å². The van der Waals surface area contributed by atoms with Crippen LogP contribution in [0.2, 0.25) is 0 Å². The van der Waals surface area contributed by atoms with Gasteiger partial charge in [0.05, 0.1) is 16.9 Å². The predicted molar refractivity (Wildman–Crippen MR) is 177 cm³/mol. The SMILES string of the molecule is Br.CC(C)(CNC(=O)C1CCCN1C(=O)c1ccccc1)NCC(O)c1ccc(OC(=O)C(C)(C)C)c(OC(=O)C(C)(C)C)c1. The number of likely N-dealkylation sites (tertiary alicyclic amines) is 1. The number of β-amino-alcohol motifs (C(OH)–C–C–N with tert-alkyl or cyclic N) is 1. The number of carbonyl (C=O) groups is 4. The van der Waals surface area contributed by atoms with Gasteiger partial charge in [0.1, 0.15) is 6.04 Å². The van der Waals surface area contributed by atoms with Gasteiger partial charge in [0.25, 0.3) is 5.91 Å². The molecule has 2 aromatic carbocycles. The molecule has 2 aromatic rings. The maximum absolute atomic E-state index is 13.1. The van der Waals surface area contributed by atoms with Crippen LogP contribution in [0.3, 0.4) is 0 Å². The van der Waals surface area contributed by atoms with Crippen molar-refractivity contribution in [2.24, 2.45) is 10.8 Å². The van der Waals surface area contributed by atoms with Crippen LogP contribution in [0, 0.1) is 10.8 Å². The summed E-state index contributed by atoms with van der Waals surface area (Å²) in [7, 11) is 0. The molecule has 3 rings (SSSR count). The van der Waals surface area contributed by atoms with Crippen LogP contribution in [0.4, 0.5) is 0 Å². The highest BCUT2D eigenvalue weighted by molar-refractivity contribution is 8.93. The molecule has 45 heavy (non-hydrogen) atoms. The molecule has 1 aliphatic rings. The molecule has 3 N–H and O–H groups in total. The number of hydrogen-bond acceptors (Lipinski definition) is 8. The van der Waals surface area contributed by atoms with Crippen molar-refractivity contribution in [3.63, 3.8) is 0 Å². The van der Waals surface area contributed by atoms with Gasteiger partial charge < -0.3 is 30.1 Å². The first kappa shape index (κ1) is 37.9. The lowest BCUT2D eigenvalue weighted by Gasteiger charge is -2.30. The average Bonchev–Trinajstić information content (AvgIpc) is 3.45. The van der Waals surface area contributed by atoms with Crippen LogP contribution in [0.15, 0.2) is 48.5 Å². The van der Waals surface area contributed by atoms with E-state index in [0.29, 0.717) is 24.1 Å². The molecule has 2 amide bonds. The highest BCUT2D eigenvalue weighted by Gasteiger charge is 2.35. The van der Waals surface area contributed by atoms with Crippen molar-refractivity contribution >= 4 is 40.7 Å². The van der Waals surface area contributed by atoms with Gasteiger partial charge in [0.15, 0.2) is 11.5 Å². The second kappa shape index (κ2) is 15.3. The van der Waals surface area contributed by atoms with Crippen LogP contribution in [-0.4, -0.2) is 65.0 Å². The zero-order chi connectivity index (χ0) is 32.9. The summed E-state index contributed by atoms with van der Waals surface area (Å²) in [6.07, 6.45) is 0.351. The minimum absolute atomic E-state index is 0. The normalized spacial score (nSPS) is 15.9. The van der Waals surface area contributed by atoms with Gasteiger partial charge in [-0.3, -0.25) is 19.2 Å². The number of benzene rings is 2. The molecular weight excluding hydrogens is 642 g/mol. The van der Waals surface area contributed by atoms with Crippen LogP contribution < -0.4 is 20.1 Å². The van der Waals surface area contributed by atoms with E-state index < -0.39 is 40.5 Å². The molecule has 10 nitrogen and oxygen atoms in total. The number of rotatable bonds is 10. The Bertz CT molecular complexity index is 1350. The lowest BCUT2D eigenvalue weighted by Crippen LogP contribution is -2.53. The monoisotopic (exact) mass is 689 g/mol. The van der Waals surface area contributed by atoms with E-state index in [0.717, 1.165) is 6.42 Å². The lowest BCUT2D eigenvalue weighted by atomic mass is 9.97. The molecule has 1 aliphatic heterocycles. The number of hydrogen-bond donors (Lipinski definition) is 3. The fourth-order valence-electron chi connectivity index (χ4n) is 4.41. The fourth-order valence-corrected chi connectivity index (χ4v) is 4.41. The lowest BCUT2D eigenvalue weighted by molar-refractivity contribution is -0.145. The quantitative estimate of drug-likeness (QED) is 0.235. The summed E-state index contributed by atoms with van der Waals surface area (Å²) >= 11 is 0. The van der Waals surface area contributed by atoms with E-state index in [2.05, 4.69) is 10.6 Å². The summed E-state index contributed by atoms with van der Waals surface area (Å²) in [5.41, 5.74) is -1.18. The number of amides is 2. The number of aliphatic hydroxyl groups excluding tert-OH is 1. The molecule has 0 radical (unpaired) electrons. The van der Waals surface area contributed by atoms with E-state index in [1.165, 1.54) is 12.1 Å². The Kier molecular flexibility index (Phi) is 12.9. The first-order chi connectivity index (χ1) is 20.4. The smallest absolute Gasteiger partial charge is 0.316 e.